The van der Waals surface area contributed by atoms with Crippen molar-refractivity contribution in [3.8, 4) is 22.3 Å². The second kappa shape index (κ2) is 9.08. The summed E-state index contributed by atoms with van der Waals surface area (Å²) in [6, 6.07) is 42.1. The number of hydrogen-bond donors (Lipinski definition) is 0. The molecule has 0 saturated heterocycles. The van der Waals surface area contributed by atoms with Gasteiger partial charge in [0.05, 0.1) is 11.0 Å². The van der Waals surface area contributed by atoms with Crippen LogP contribution in [0.3, 0.4) is 0 Å². The summed E-state index contributed by atoms with van der Waals surface area (Å²) < 4.78 is 0. The Morgan fingerprint density at radius 3 is 2.12 bits per heavy atom. The van der Waals surface area contributed by atoms with Crippen LogP contribution in [0.5, 0.6) is 0 Å². The maximum absolute atomic E-state index is 4.78. The van der Waals surface area contributed by atoms with Crippen molar-refractivity contribution in [2.75, 3.05) is 0 Å². The lowest BCUT2D eigenvalue weighted by atomic mass is 9.60. The minimum atomic E-state index is -0.132. The molecule has 2 atom stereocenters. The van der Waals surface area contributed by atoms with Gasteiger partial charge in [0.15, 0.2) is 0 Å². The summed E-state index contributed by atoms with van der Waals surface area (Å²) in [4.78, 5) is 9.51. The highest BCUT2D eigenvalue weighted by Crippen LogP contribution is 2.54. The van der Waals surface area contributed by atoms with E-state index in [1.807, 2.05) is 0 Å². The van der Waals surface area contributed by atoms with E-state index in [1.165, 1.54) is 55.3 Å². The lowest BCUT2D eigenvalue weighted by Crippen LogP contribution is -2.33. The second-order valence-electron chi connectivity index (χ2n) is 12.0. The van der Waals surface area contributed by atoms with Crippen molar-refractivity contribution in [1.29, 1.82) is 0 Å². The Morgan fingerprint density at radius 2 is 1.23 bits per heavy atom. The van der Waals surface area contributed by atoms with Crippen LogP contribution in [0.15, 0.2) is 146 Å². The Morgan fingerprint density at radius 1 is 0.558 bits per heavy atom. The average Bonchev–Trinajstić information content (AvgIpc) is 3.08. The third-order valence-electron chi connectivity index (χ3n) is 9.64. The van der Waals surface area contributed by atoms with Crippen molar-refractivity contribution in [3.63, 3.8) is 0 Å². The highest BCUT2D eigenvalue weighted by molar-refractivity contribution is 6.23. The van der Waals surface area contributed by atoms with Crippen molar-refractivity contribution >= 4 is 38.2 Å². The monoisotopic (exact) mass is 548 g/mol. The zero-order valence-electron chi connectivity index (χ0n) is 23.8. The van der Waals surface area contributed by atoms with Crippen molar-refractivity contribution in [1.82, 2.24) is 9.97 Å². The first kappa shape index (κ1) is 24.3. The van der Waals surface area contributed by atoms with E-state index >= 15 is 0 Å². The number of aromatic nitrogens is 2. The molecule has 1 aromatic heterocycles. The summed E-state index contributed by atoms with van der Waals surface area (Å²) in [6.45, 7) is 2.40. The molecule has 2 aliphatic rings. The second-order valence-corrected chi connectivity index (χ2v) is 12.0. The average molecular weight is 549 g/mol. The molecule has 2 nitrogen and oxygen atoms in total. The van der Waals surface area contributed by atoms with Gasteiger partial charge in [0.2, 0.25) is 0 Å². The first-order valence-corrected chi connectivity index (χ1v) is 14.9. The molecule has 6 aromatic carbocycles. The highest BCUT2D eigenvalue weighted by atomic mass is 14.8. The Balaban J connectivity index is 1.18. The number of nitrogens with zero attached hydrogens (tertiary/aromatic N) is 2. The van der Waals surface area contributed by atoms with Gasteiger partial charge in [-0.1, -0.05) is 128 Å². The lowest BCUT2D eigenvalue weighted by molar-refractivity contribution is 0.521. The molecular weight excluding hydrogens is 520 g/mol. The van der Waals surface area contributed by atoms with Gasteiger partial charge in [-0.05, 0) is 67.4 Å². The third-order valence-corrected chi connectivity index (χ3v) is 9.64. The van der Waals surface area contributed by atoms with Crippen LogP contribution in [-0.2, 0) is 5.41 Å². The fourth-order valence-electron chi connectivity index (χ4n) is 7.60. The molecule has 0 aliphatic heterocycles. The van der Waals surface area contributed by atoms with E-state index in [4.69, 9.17) is 9.97 Å². The molecule has 1 heterocycles. The summed E-state index contributed by atoms with van der Waals surface area (Å²) in [6.07, 6.45) is 10.8. The molecule has 0 radical (unpaired) electrons. The van der Waals surface area contributed by atoms with Gasteiger partial charge >= 0.3 is 0 Å². The summed E-state index contributed by atoms with van der Waals surface area (Å²) >= 11 is 0. The molecule has 0 saturated carbocycles. The maximum Gasteiger partial charge on any atom is 0.0971 e. The van der Waals surface area contributed by atoms with Crippen LogP contribution in [0.4, 0.5) is 0 Å². The Kier molecular flexibility index (Phi) is 5.13. The number of allylic oxidation sites excluding steroid dienone is 4. The zero-order chi connectivity index (χ0) is 28.5. The van der Waals surface area contributed by atoms with E-state index in [1.54, 1.807) is 12.4 Å². The fourth-order valence-corrected chi connectivity index (χ4v) is 7.60. The molecule has 0 spiro atoms. The zero-order valence-corrected chi connectivity index (χ0v) is 23.8. The molecule has 2 unspecified atom stereocenters. The Bertz CT molecular complexity index is 2290. The molecule has 0 bridgehead atoms. The number of hydrogen-bond acceptors (Lipinski definition) is 2. The predicted octanol–water partition coefficient (Wildman–Crippen LogP) is 10.3. The Hall–Kier alpha value is -5.34. The van der Waals surface area contributed by atoms with E-state index in [9.17, 15) is 0 Å². The third kappa shape index (κ3) is 3.53. The van der Waals surface area contributed by atoms with E-state index in [0.717, 1.165) is 21.8 Å². The van der Waals surface area contributed by atoms with E-state index < -0.39 is 0 Å². The van der Waals surface area contributed by atoms with Crippen molar-refractivity contribution < 1.29 is 0 Å². The normalized spacial score (nSPS) is 18.7. The van der Waals surface area contributed by atoms with Crippen LogP contribution < -0.4 is 0 Å². The minimum absolute atomic E-state index is 0.132. The van der Waals surface area contributed by atoms with E-state index in [2.05, 4.69) is 140 Å². The van der Waals surface area contributed by atoms with Gasteiger partial charge in [-0.2, -0.15) is 0 Å². The topological polar surface area (TPSA) is 25.8 Å². The maximum atomic E-state index is 4.78. The molecule has 0 fully saturated rings. The Labute approximate surface area is 250 Å². The number of benzene rings is 6. The SMILES string of the molecule is CC12C=C(c3cccc(-c4ccc5c6ccccc6c6nccnc6c5c4)c3)C=CC1c1ccccc1-c1ccccc12. The van der Waals surface area contributed by atoms with Gasteiger partial charge in [-0.25, -0.2) is 0 Å². The largest absolute Gasteiger partial charge is 0.252 e. The summed E-state index contributed by atoms with van der Waals surface area (Å²) in [5.74, 6) is 0.301. The van der Waals surface area contributed by atoms with Gasteiger partial charge in [-0.15, -0.1) is 0 Å². The standard InChI is InChI=1S/C41H28N2/c1-41-25-29(18-20-38(41)34-13-4-2-12-31(34)33-14-6-7-16-37(33)41)27-10-8-9-26(23-27)28-17-19-32-30-11-3-5-15-35(30)39-40(36(32)24-28)43-22-21-42-39/h2-25,38H,1H3. The summed E-state index contributed by atoms with van der Waals surface area (Å²) in [5, 5.41) is 4.69. The van der Waals surface area contributed by atoms with Gasteiger partial charge in [0, 0.05) is 34.5 Å². The van der Waals surface area contributed by atoms with Crippen molar-refractivity contribution in [3.05, 3.63) is 163 Å². The van der Waals surface area contributed by atoms with E-state index in [-0.39, 0.29) is 5.41 Å². The van der Waals surface area contributed by atoms with Crippen LogP contribution in [0.1, 0.15) is 29.5 Å². The molecule has 9 rings (SSSR count). The molecule has 202 valence electrons. The van der Waals surface area contributed by atoms with Gasteiger partial charge in [0.25, 0.3) is 0 Å². The quantitative estimate of drug-likeness (QED) is 0.201. The molecule has 0 N–H and O–H groups in total. The van der Waals surface area contributed by atoms with Crippen LogP contribution in [0, 0.1) is 0 Å². The first-order valence-electron chi connectivity index (χ1n) is 14.9. The van der Waals surface area contributed by atoms with Crippen molar-refractivity contribution in [2.24, 2.45) is 0 Å². The molecule has 2 aliphatic carbocycles. The number of rotatable bonds is 2. The van der Waals surface area contributed by atoms with Crippen LogP contribution in [-0.4, -0.2) is 9.97 Å². The molecule has 7 aromatic rings. The van der Waals surface area contributed by atoms with Crippen LogP contribution >= 0.6 is 0 Å². The molecule has 43 heavy (non-hydrogen) atoms. The van der Waals surface area contributed by atoms with Gasteiger partial charge in [-0.3, -0.25) is 9.97 Å². The minimum Gasteiger partial charge on any atom is -0.252 e. The van der Waals surface area contributed by atoms with Crippen LogP contribution in [0.25, 0.3) is 60.4 Å². The van der Waals surface area contributed by atoms with Gasteiger partial charge in [0.1, 0.15) is 0 Å². The predicted molar refractivity (Wildman–Crippen MR) is 179 cm³/mol. The summed E-state index contributed by atoms with van der Waals surface area (Å²) in [7, 11) is 0. The molecule has 0 amide bonds. The van der Waals surface area contributed by atoms with Crippen LogP contribution in [0.2, 0.25) is 0 Å². The van der Waals surface area contributed by atoms with Gasteiger partial charge < -0.3 is 0 Å². The van der Waals surface area contributed by atoms with E-state index in [0.29, 0.717) is 5.92 Å². The summed E-state index contributed by atoms with van der Waals surface area (Å²) in [5.41, 5.74) is 12.1. The molecular formula is C41H28N2. The first-order chi connectivity index (χ1) is 21.2. The smallest absolute Gasteiger partial charge is 0.0971 e. The highest BCUT2D eigenvalue weighted by Gasteiger charge is 2.42. The molecule has 2 heteroatoms. The lowest BCUT2D eigenvalue weighted by Gasteiger charge is -2.43. The van der Waals surface area contributed by atoms with Crippen molar-refractivity contribution in [2.45, 2.75) is 18.3 Å². The number of fused-ring (bicyclic) bond motifs is 12. The fraction of sp³-hybridized carbons (Fsp3) is 0.0732.